The topological polar surface area (TPSA) is 41.6 Å². The number of amides is 1. The number of carbonyl (C=O) groups excluding carboxylic acids is 1. The zero-order valence-corrected chi connectivity index (χ0v) is 14.7. The second-order valence-electron chi connectivity index (χ2n) is 5.98. The van der Waals surface area contributed by atoms with Gasteiger partial charge >= 0.3 is 0 Å². The van der Waals surface area contributed by atoms with E-state index in [4.69, 9.17) is 4.74 Å². The van der Waals surface area contributed by atoms with Gasteiger partial charge in [0, 0.05) is 25.6 Å². The van der Waals surface area contributed by atoms with Gasteiger partial charge in [0.05, 0.1) is 12.8 Å². The number of rotatable bonds is 8. The SMILES string of the molecule is COc1ccccc1NCCC(=O)N(Cc1ccccc1)C(C)C. The number of nitrogens with one attached hydrogen (secondary N) is 1. The molecule has 0 aliphatic rings. The fourth-order valence-electron chi connectivity index (χ4n) is 2.58. The average molecular weight is 326 g/mol. The van der Waals surface area contributed by atoms with Gasteiger partial charge in [0.25, 0.3) is 0 Å². The molecule has 0 bridgehead atoms. The van der Waals surface area contributed by atoms with E-state index < -0.39 is 0 Å². The van der Waals surface area contributed by atoms with E-state index in [1.807, 2.05) is 47.4 Å². The first-order chi connectivity index (χ1) is 11.6. The second kappa shape index (κ2) is 8.96. The van der Waals surface area contributed by atoms with Crippen molar-refractivity contribution in [2.24, 2.45) is 0 Å². The van der Waals surface area contributed by atoms with E-state index in [1.165, 1.54) is 0 Å². The molecular formula is C20H26N2O2. The highest BCUT2D eigenvalue weighted by Crippen LogP contribution is 2.22. The van der Waals surface area contributed by atoms with Crippen LogP contribution in [-0.2, 0) is 11.3 Å². The number of nitrogens with zero attached hydrogens (tertiary/aromatic N) is 1. The van der Waals surface area contributed by atoms with Gasteiger partial charge in [-0.3, -0.25) is 4.79 Å². The number of hydrogen-bond donors (Lipinski definition) is 1. The number of benzene rings is 2. The summed E-state index contributed by atoms with van der Waals surface area (Å²) in [4.78, 5) is 14.5. The molecule has 4 nitrogen and oxygen atoms in total. The van der Waals surface area contributed by atoms with Crippen molar-refractivity contribution in [2.45, 2.75) is 32.9 Å². The first-order valence-corrected chi connectivity index (χ1v) is 8.32. The third-order valence-corrected chi connectivity index (χ3v) is 3.90. The van der Waals surface area contributed by atoms with Crippen LogP contribution in [0.25, 0.3) is 0 Å². The summed E-state index contributed by atoms with van der Waals surface area (Å²) in [5, 5.41) is 3.28. The summed E-state index contributed by atoms with van der Waals surface area (Å²) in [6.45, 7) is 5.33. The van der Waals surface area contributed by atoms with Gasteiger partial charge in [0.2, 0.25) is 5.91 Å². The molecule has 0 saturated heterocycles. The number of hydrogen-bond acceptors (Lipinski definition) is 3. The second-order valence-corrected chi connectivity index (χ2v) is 5.98. The first-order valence-electron chi connectivity index (χ1n) is 8.32. The summed E-state index contributed by atoms with van der Waals surface area (Å²) in [6, 6.07) is 18.0. The Hall–Kier alpha value is -2.49. The molecule has 1 amide bonds. The van der Waals surface area contributed by atoms with Gasteiger partial charge in [-0.05, 0) is 31.5 Å². The smallest absolute Gasteiger partial charge is 0.224 e. The van der Waals surface area contributed by atoms with Crippen LogP contribution in [0.15, 0.2) is 54.6 Å². The monoisotopic (exact) mass is 326 g/mol. The van der Waals surface area contributed by atoms with Crippen molar-refractivity contribution in [1.82, 2.24) is 4.90 Å². The molecule has 128 valence electrons. The molecule has 2 aromatic carbocycles. The molecule has 0 fully saturated rings. The zero-order valence-electron chi connectivity index (χ0n) is 14.7. The largest absolute Gasteiger partial charge is 0.495 e. The van der Waals surface area contributed by atoms with Crippen LogP contribution >= 0.6 is 0 Å². The van der Waals surface area contributed by atoms with E-state index in [-0.39, 0.29) is 11.9 Å². The molecule has 0 aliphatic heterocycles. The zero-order chi connectivity index (χ0) is 17.4. The van der Waals surface area contributed by atoms with E-state index in [9.17, 15) is 4.79 Å². The van der Waals surface area contributed by atoms with Gasteiger partial charge < -0.3 is 15.0 Å². The molecule has 0 heterocycles. The lowest BCUT2D eigenvalue weighted by molar-refractivity contribution is -0.133. The van der Waals surface area contributed by atoms with Crippen molar-refractivity contribution >= 4 is 11.6 Å². The normalized spacial score (nSPS) is 10.5. The quantitative estimate of drug-likeness (QED) is 0.799. The Morgan fingerprint density at radius 3 is 2.42 bits per heavy atom. The summed E-state index contributed by atoms with van der Waals surface area (Å²) in [6.07, 6.45) is 0.447. The Morgan fingerprint density at radius 2 is 1.75 bits per heavy atom. The van der Waals surface area contributed by atoms with E-state index in [0.717, 1.165) is 17.0 Å². The molecule has 0 atom stereocenters. The number of carbonyl (C=O) groups is 1. The minimum Gasteiger partial charge on any atom is -0.495 e. The molecule has 0 spiro atoms. The molecule has 24 heavy (non-hydrogen) atoms. The van der Waals surface area contributed by atoms with E-state index in [0.29, 0.717) is 19.5 Å². The van der Waals surface area contributed by atoms with Gasteiger partial charge in [-0.2, -0.15) is 0 Å². The summed E-state index contributed by atoms with van der Waals surface area (Å²) < 4.78 is 5.31. The Kier molecular flexibility index (Phi) is 6.67. The molecule has 1 N–H and O–H groups in total. The molecule has 0 radical (unpaired) electrons. The van der Waals surface area contributed by atoms with Crippen LogP contribution in [0.5, 0.6) is 5.75 Å². The van der Waals surface area contributed by atoms with Crippen molar-refractivity contribution < 1.29 is 9.53 Å². The lowest BCUT2D eigenvalue weighted by Crippen LogP contribution is -2.37. The minimum absolute atomic E-state index is 0.149. The Bertz CT molecular complexity index is 641. The van der Waals surface area contributed by atoms with E-state index in [1.54, 1.807) is 7.11 Å². The maximum absolute atomic E-state index is 12.6. The van der Waals surface area contributed by atoms with Crippen LogP contribution in [0.3, 0.4) is 0 Å². The Labute approximate surface area is 144 Å². The van der Waals surface area contributed by atoms with E-state index >= 15 is 0 Å². The van der Waals surface area contributed by atoms with E-state index in [2.05, 4.69) is 31.3 Å². The summed E-state index contributed by atoms with van der Waals surface area (Å²) in [7, 11) is 1.64. The molecular weight excluding hydrogens is 300 g/mol. The highest BCUT2D eigenvalue weighted by molar-refractivity contribution is 5.77. The number of para-hydroxylation sites is 2. The van der Waals surface area contributed by atoms with Crippen LogP contribution in [0.2, 0.25) is 0 Å². The third kappa shape index (κ3) is 5.01. The fourth-order valence-corrected chi connectivity index (χ4v) is 2.58. The number of anilines is 1. The van der Waals surface area contributed by atoms with Crippen LogP contribution in [0.4, 0.5) is 5.69 Å². The van der Waals surface area contributed by atoms with Gasteiger partial charge in [-0.25, -0.2) is 0 Å². The van der Waals surface area contributed by atoms with Crippen LogP contribution in [0, 0.1) is 0 Å². The third-order valence-electron chi connectivity index (χ3n) is 3.90. The lowest BCUT2D eigenvalue weighted by Gasteiger charge is -2.27. The minimum atomic E-state index is 0.149. The maximum atomic E-state index is 12.6. The van der Waals surface area contributed by atoms with Gasteiger partial charge in [-0.1, -0.05) is 42.5 Å². The van der Waals surface area contributed by atoms with Crippen molar-refractivity contribution in [3.63, 3.8) is 0 Å². The van der Waals surface area contributed by atoms with Crippen LogP contribution in [-0.4, -0.2) is 30.5 Å². The molecule has 4 heteroatoms. The Balaban J connectivity index is 1.91. The predicted molar refractivity (Wildman–Crippen MR) is 98.2 cm³/mol. The molecule has 0 aliphatic carbocycles. The summed E-state index contributed by atoms with van der Waals surface area (Å²) >= 11 is 0. The summed E-state index contributed by atoms with van der Waals surface area (Å²) in [5.41, 5.74) is 2.06. The number of methoxy groups -OCH3 is 1. The standard InChI is InChI=1S/C20H26N2O2/c1-16(2)22(15-17-9-5-4-6-10-17)20(23)13-14-21-18-11-7-8-12-19(18)24-3/h4-12,16,21H,13-15H2,1-3H3. The van der Waals surface area contributed by atoms with Crippen LogP contribution in [0.1, 0.15) is 25.8 Å². The fraction of sp³-hybridized carbons (Fsp3) is 0.350. The van der Waals surface area contributed by atoms with Gasteiger partial charge in [0.15, 0.2) is 0 Å². The lowest BCUT2D eigenvalue weighted by atomic mass is 10.1. The van der Waals surface area contributed by atoms with Gasteiger partial charge in [-0.15, -0.1) is 0 Å². The number of ether oxygens (including phenoxy) is 1. The van der Waals surface area contributed by atoms with Crippen molar-refractivity contribution in [2.75, 3.05) is 19.0 Å². The molecule has 0 unspecified atom stereocenters. The predicted octanol–water partition coefficient (Wildman–Crippen LogP) is 3.93. The summed E-state index contributed by atoms with van der Waals surface area (Å²) in [5.74, 6) is 0.936. The Morgan fingerprint density at radius 1 is 1.08 bits per heavy atom. The first kappa shape index (κ1) is 17.9. The molecule has 0 saturated carbocycles. The highest BCUT2D eigenvalue weighted by Gasteiger charge is 2.17. The van der Waals surface area contributed by atoms with Crippen molar-refractivity contribution in [1.29, 1.82) is 0 Å². The van der Waals surface area contributed by atoms with Gasteiger partial charge in [0.1, 0.15) is 5.75 Å². The molecule has 0 aromatic heterocycles. The average Bonchev–Trinajstić information content (AvgIpc) is 2.60. The van der Waals surface area contributed by atoms with Crippen molar-refractivity contribution in [3.05, 3.63) is 60.2 Å². The molecule has 2 aromatic rings. The molecule has 2 rings (SSSR count). The maximum Gasteiger partial charge on any atom is 0.224 e. The highest BCUT2D eigenvalue weighted by atomic mass is 16.5. The van der Waals surface area contributed by atoms with Crippen molar-refractivity contribution in [3.8, 4) is 5.75 Å². The van der Waals surface area contributed by atoms with Crippen LogP contribution < -0.4 is 10.1 Å².